The van der Waals surface area contributed by atoms with Gasteiger partial charge in [-0.25, -0.2) is 8.42 Å². The minimum absolute atomic E-state index is 0.183. The fourth-order valence-electron chi connectivity index (χ4n) is 3.78. The number of hydrogen-bond acceptors (Lipinski definition) is 4. The van der Waals surface area contributed by atoms with Crippen LogP contribution in [0.1, 0.15) is 36.0 Å². The number of sulfonamides is 1. The average Bonchev–Trinajstić information content (AvgIpc) is 3.03. The summed E-state index contributed by atoms with van der Waals surface area (Å²) < 4.78 is 27.8. The molecule has 154 valence electrons. The maximum absolute atomic E-state index is 13.2. The Balaban J connectivity index is 1.64. The van der Waals surface area contributed by atoms with Gasteiger partial charge in [-0.3, -0.25) is 4.79 Å². The van der Waals surface area contributed by atoms with Crippen LogP contribution in [0.2, 0.25) is 5.02 Å². The van der Waals surface area contributed by atoms with Crippen LogP contribution in [0, 0.1) is 0 Å². The first-order valence-corrected chi connectivity index (χ1v) is 12.6. The van der Waals surface area contributed by atoms with Gasteiger partial charge >= 0.3 is 0 Å². The lowest BCUT2D eigenvalue weighted by Crippen LogP contribution is -2.36. The second kappa shape index (κ2) is 8.68. The predicted octanol–water partition coefficient (Wildman–Crippen LogP) is 4.66. The van der Waals surface area contributed by atoms with Gasteiger partial charge in [0.15, 0.2) is 0 Å². The molecule has 0 N–H and O–H groups in total. The van der Waals surface area contributed by atoms with Crippen LogP contribution < -0.4 is 4.90 Å². The molecule has 1 amide bonds. The highest BCUT2D eigenvalue weighted by Crippen LogP contribution is 2.37. The molecule has 4 rings (SSSR count). The first-order valence-electron chi connectivity index (χ1n) is 9.81. The van der Waals surface area contributed by atoms with Crippen molar-refractivity contribution in [1.29, 1.82) is 0 Å². The molecule has 2 aliphatic rings. The van der Waals surface area contributed by atoms with E-state index in [9.17, 15) is 13.2 Å². The number of benzene rings is 2. The van der Waals surface area contributed by atoms with E-state index < -0.39 is 10.0 Å². The van der Waals surface area contributed by atoms with Crippen LogP contribution >= 0.6 is 23.4 Å². The number of nitrogens with zero attached hydrogens (tertiary/aromatic N) is 2. The largest absolute Gasteiger partial charge is 0.306 e. The average molecular weight is 451 g/mol. The molecule has 8 heteroatoms. The van der Waals surface area contributed by atoms with Crippen LogP contribution in [0.3, 0.4) is 0 Å². The van der Waals surface area contributed by atoms with Gasteiger partial charge in [0, 0.05) is 40.9 Å². The van der Waals surface area contributed by atoms with E-state index in [4.69, 9.17) is 11.6 Å². The molecular weight excluding hydrogens is 428 g/mol. The van der Waals surface area contributed by atoms with E-state index in [2.05, 4.69) is 0 Å². The van der Waals surface area contributed by atoms with Gasteiger partial charge in [-0.2, -0.15) is 4.31 Å². The summed E-state index contributed by atoms with van der Waals surface area (Å²) in [6, 6.07) is 11.9. The minimum atomic E-state index is -3.60. The molecule has 0 unspecified atom stereocenters. The maximum Gasteiger partial charge on any atom is 0.258 e. The van der Waals surface area contributed by atoms with Crippen molar-refractivity contribution in [3.05, 3.63) is 53.1 Å². The van der Waals surface area contributed by atoms with E-state index in [1.165, 1.54) is 6.07 Å². The van der Waals surface area contributed by atoms with Crippen molar-refractivity contribution in [2.75, 3.05) is 30.3 Å². The highest BCUT2D eigenvalue weighted by molar-refractivity contribution is 7.99. The Morgan fingerprint density at radius 3 is 2.48 bits per heavy atom. The number of fused-ring (bicyclic) bond motifs is 1. The molecule has 0 atom stereocenters. The summed E-state index contributed by atoms with van der Waals surface area (Å²) in [5, 5.41) is 0.571. The molecule has 0 saturated carbocycles. The molecule has 2 aliphatic heterocycles. The van der Waals surface area contributed by atoms with Crippen molar-refractivity contribution in [2.24, 2.45) is 0 Å². The zero-order chi connectivity index (χ0) is 20.4. The highest BCUT2D eigenvalue weighted by Gasteiger charge is 2.28. The van der Waals surface area contributed by atoms with Gasteiger partial charge in [0.2, 0.25) is 10.0 Å². The second-order valence-corrected chi connectivity index (χ2v) is 10.8. The van der Waals surface area contributed by atoms with Crippen LogP contribution in [0.5, 0.6) is 0 Å². The fourth-order valence-corrected chi connectivity index (χ4v) is 6.48. The third-order valence-electron chi connectivity index (χ3n) is 5.31. The van der Waals surface area contributed by atoms with Crippen LogP contribution in [0.4, 0.5) is 5.69 Å². The van der Waals surface area contributed by atoms with Crippen molar-refractivity contribution < 1.29 is 13.2 Å². The Bertz CT molecular complexity index is 1020. The molecule has 5 nitrogen and oxygen atoms in total. The zero-order valence-corrected chi connectivity index (χ0v) is 18.4. The van der Waals surface area contributed by atoms with Crippen molar-refractivity contribution in [3.63, 3.8) is 0 Å². The maximum atomic E-state index is 13.2. The Kier molecular flexibility index (Phi) is 6.20. The molecule has 0 aromatic heterocycles. The van der Waals surface area contributed by atoms with Gasteiger partial charge in [-0.1, -0.05) is 30.5 Å². The molecule has 1 saturated heterocycles. The van der Waals surface area contributed by atoms with Crippen molar-refractivity contribution in [1.82, 2.24) is 4.31 Å². The number of halogens is 1. The first kappa shape index (κ1) is 20.7. The summed E-state index contributed by atoms with van der Waals surface area (Å²) in [4.78, 5) is 16.1. The molecule has 2 aromatic carbocycles. The van der Waals surface area contributed by atoms with Crippen molar-refractivity contribution in [2.45, 2.75) is 35.5 Å². The molecule has 0 bridgehead atoms. The monoisotopic (exact) mass is 450 g/mol. The Hall–Kier alpha value is -1.54. The van der Waals surface area contributed by atoms with E-state index in [0.29, 0.717) is 30.2 Å². The summed E-state index contributed by atoms with van der Waals surface area (Å²) in [5.41, 5.74) is 1.15. The molecule has 0 radical (unpaired) electrons. The summed E-state index contributed by atoms with van der Waals surface area (Å²) in [7, 11) is -3.60. The zero-order valence-electron chi connectivity index (χ0n) is 16.0. The van der Waals surface area contributed by atoms with Gasteiger partial charge < -0.3 is 4.90 Å². The summed E-state index contributed by atoms with van der Waals surface area (Å²) in [6.45, 7) is 1.63. The molecule has 1 fully saturated rings. The minimum Gasteiger partial charge on any atom is -0.306 e. The SMILES string of the molecule is O=C(c1cccc(S(=O)(=O)N2CCCCCC2)c1)N1CCSc2ccc(Cl)cc21. The number of carbonyl (C=O) groups excluding carboxylic acids is 1. The fraction of sp³-hybridized carbons (Fsp3) is 0.381. The third kappa shape index (κ3) is 4.33. The van der Waals surface area contributed by atoms with Gasteiger partial charge in [0.05, 0.1) is 10.6 Å². The predicted molar refractivity (Wildman–Crippen MR) is 118 cm³/mol. The van der Waals surface area contributed by atoms with Gasteiger partial charge in [0.25, 0.3) is 5.91 Å². The lowest BCUT2D eigenvalue weighted by molar-refractivity contribution is 0.0987. The quantitative estimate of drug-likeness (QED) is 0.682. The number of rotatable bonds is 3. The molecule has 29 heavy (non-hydrogen) atoms. The van der Waals surface area contributed by atoms with Crippen molar-refractivity contribution >= 4 is 45.0 Å². The van der Waals surface area contributed by atoms with Crippen LogP contribution in [0.15, 0.2) is 52.3 Å². The van der Waals surface area contributed by atoms with Gasteiger partial charge in [-0.15, -0.1) is 11.8 Å². The highest BCUT2D eigenvalue weighted by atomic mass is 35.5. The molecule has 0 spiro atoms. The molecule has 0 aliphatic carbocycles. The molecule has 2 aromatic rings. The number of amides is 1. The smallest absolute Gasteiger partial charge is 0.258 e. The van der Waals surface area contributed by atoms with Crippen LogP contribution in [-0.2, 0) is 10.0 Å². The van der Waals surface area contributed by atoms with Crippen LogP contribution in [0.25, 0.3) is 0 Å². The van der Waals surface area contributed by atoms with Gasteiger partial charge in [-0.05, 0) is 49.2 Å². The van der Waals surface area contributed by atoms with E-state index in [1.54, 1.807) is 45.2 Å². The summed E-state index contributed by atoms with van der Waals surface area (Å²) in [6.07, 6.45) is 3.86. The van der Waals surface area contributed by atoms with E-state index in [0.717, 1.165) is 42.0 Å². The van der Waals surface area contributed by atoms with E-state index >= 15 is 0 Å². The normalized spacial score (nSPS) is 18.2. The second-order valence-electron chi connectivity index (χ2n) is 7.26. The summed E-state index contributed by atoms with van der Waals surface area (Å²) >= 11 is 7.83. The number of hydrogen-bond donors (Lipinski definition) is 0. The Labute approximate surface area is 181 Å². The van der Waals surface area contributed by atoms with Crippen LogP contribution in [-0.4, -0.2) is 44.0 Å². The topological polar surface area (TPSA) is 57.7 Å². The lowest BCUT2D eigenvalue weighted by atomic mass is 10.1. The lowest BCUT2D eigenvalue weighted by Gasteiger charge is -2.29. The van der Waals surface area contributed by atoms with E-state index in [1.807, 2.05) is 12.1 Å². The number of carbonyl (C=O) groups is 1. The number of anilines is 1. The first-order chi connectivity index (χ1) is 14.0. The molecule has 2 heterocycles. The van der Waals surface area contributed by atoms with E-state index in [-0.39, 0.29) is 10.8 Å². The molecular formula is C21H23ClN2O3S2. The van der Waals surface area contributed by atoms with Gasteiger partial charge in [0.1, 0.15) is 0 Å². The summed E-state index contributed by atoms with van der Waals surface area (Å²) in [5.74, 6) is 0.577. The van der Waals surface area contributed by atoms with Crippen molar-refractivity contribution in [3.8, 4) is 0 Å². The Morgan fingerprint density at radius 2 is 1.72 bits per heavy atom. The Morgan fingerprint density at radius 1 is 0.966 bits per heavy atom. The number of thioether (sulfide) groups is 1. The standard InChI is InChI=1S/C21H23ClN2O3S2/c22-17-8-9-20-19(15-17)24(12-13-28-20)21(25)16-6-5-7-18(14-16)29(26,27)23-10-3-1-2-4-11-23/h5-9,14-15H,1-4,10-13H2. The third-order valence-corrected chi connectivity index (χ3v) is 8.49.